The van der Waals surface area contributed by atoms with Gasteiger partial charge in [-0.3, -0.25) is 4.79 Å². The molecule has 3 nitrogen and oxygen atoms in total. The second-order valence-corrected chi connectivity index (χ2v) is 7.19. The highest BCUT2D eigenvalue weighted by Gasteiger charge is 2.21. The van der Waals surface area contributed by atoms with Crippen LogP contribution in [0, 0.1) is 0 Å². The Kier molecular flexibility index (Phi) is 7.46. The molecule has 0 saturated heterocycles. The van der Waals surface area contributed by atoms with Crippen molar-refractivity contribution in [3.8, 4) is 11.5 Å². The number of rotatable bonds is 10. The molecule has 27 heavy (non-hydrogen) atoms. The van der Waals surface area contributed by atoms with Crippen LogP contribution in [0.5, 0.6) is 11.5 Å². The van der Waals surface area contributed by atoms with E-state index in [0.717, 1.165) is 37.2 Å². The molecule has 2 aromatic carbocycles. The molecular weight excluding hydrogens is 336 g/mol. The molecule has 0 spiro atoms. The minimum atomic E-state index is -0.170. The first-order valence-electron chi connectivity index (χ1n) is 10.0. The first-order chi connectivity index (χ1) is 12.9. The number of ether oxygens (including phenoxy) is 2. The SMILES string of the molecule is CCC(CC)Oc1ccc(C(=O)c2ccc(OC(C)(CC)CC)cc2)cc1. The molecule has 0 amide bonds. The highest BCUT2D eigenvalue weighted by Crippen LogP contribution is 2.25. The fourth-order valence-corrected chi connectivity index (χ4v) is 2.85. The average Bonchev–Trinajstić information content (AvgIpc) is 2.72. The Labute approximate surface area is 163 Å². The van der Waals surface area contributed by atoms with E-state index < -0.39 is 0 Å². The van der Waals surface area contributed by atoms with Crippen molar-refractivity contribution >= 4 is 5.78 Å². The maximum atomic E-state index is 12.7. The van der Waals surface area contributed by atoms with E-state index in [4.69, 9.17) is 9.47 Å². The Morgan fingerprint density at radius 1 is 0.815 bits per heavy atom. The van der Waals surface area contributed by atoms with Crippen molar-refractivity contribution in [3.05, 3.63) is 59.7 Å². The summed E-state index contributed by atoms with van der Waals surface area (Å²) in [7, 11) is 0. The normalized spacial score (nSPS) is 11.5. The highest BCUT2D eigenvalue weighted by molar-refractivity contribution is 6.09. The monoisotopic (exact) mass is 368 g/mol. The zero-order valence-corrected chi connectivity index (χ0v) is 17.2. The molecule has 0 fully saturated rings. The van der Waals surface area contributed by atoms with E-state index in [1.54, 1.807) is 0 Å². The number of carbonyl (C=O) groups excluding carboxylic acids is 1. The first-order valence-corrected chi connectivity index (χ1v) is 10.0. The molecule has 0 atom stereocenters. The molecule has 0 saturated carbocycles. The minimum absolute atomic E-state index is 0.00405. The molecule has 0 aromatic heterocycles. The van der Waals surface area contributed by atoms with Crippen LogP contribution in [0.4, 0.5) is 0 Å². The van der Waals surface area contributed by atoms with Gasteiger partial charge >= 0.3 is 0 Å². The summed E-state index contributed by atoms with van der Waals surface area (Å²) in [6, 6.07) is 14.8. The number of benzene rings is 2. The zero-order valence-electron chi connectivity index (χ0n) is 17.2. The quantitative estimate of drug-likeness (QED) is 0.453. The second-order valence-electron chi connectivity index (χ2n) is 7.19. The van der Waals surface area contributed by atoms with Crippen LogP contribution < -0.4 is 9.47 Å². The lowest BCUT2D eigenvalue weighted by Gasteiger charge is -2.28. The summed E-state index contributed by atoms with van der Waals surface area (Å²) in [5.74, 6) is 1.61. The summed E-state index contributed by atoms with van der Waals surface area (Å²) in [5.41, 5.74) is 1.15. The van der Waals surface area contributed by atoms with Crippen LogP contribution in [0.2, 0.25) is 0 Å². The predicted octanol–water partition coefficient (Wildman–Crippen LogP) is 6.44. The third-order valence-corrected chi connectivity index (χ3v) is 5.31. The van der Waals surface area contributed by atoms with Crippen molar-refractivity contribution in [2.45, 2.75) is 72.0 Å². The van der Waals surface area contributed by atoms with Gasteiger partial charge in [-0.15, -0.1) is 0 Å². The van der Waals surface area contributed by atoms with Gasteiger partial charge in [0.15, 0.2) is 5.78 Å². The smallest absolute Gasteiger partial charge is 0.193 e. The lowest BCUT2D eigenvalue weighted by molar-refractivity contribution is 0.0803. The summed E-state index contributed by atoms with van der Waals surface area (Å²) in [5, 5.41) is 0. The number of hydrogen-bond acceptors (Lipinski definition) is 3. The van der Waals surface area contributed by atoms with Gasteiger partial charge in [0.25, 0.3) is 0 Å². The van der Waals surface area contributed by atoms with Crippen molar-refractivity contribution in [1.29, 1.82) is 0 Å². The van der Waals surface area contributed by atoms with E-state index in [-0.39, 0.29) is 17.5 Å². The Morgan fingerprint density at radius 2 is 1.26 bits per heavy atom. The van der Waals surface area contributed by atoms with E-state index in [0.29, 0.717) is 11.1 Å². The number of carbonyl (C=O) groups is 1. The zero-order chi connectivity index (χ0) is 19.9. The van der Waals surface area contributed by atoms with Gasteiger partial charge in [-0.2, -0.15) is 0 Å². The summed E-state index contributed by atoms with van der Waals surface area (Å²) < 4.78 is 12.0. The Bertz CT molecular complexity index is 708. The molecule has 2 rings (SSSR count). The van der Waals surface area contributed by atoms with Gasteiger partial charge < -0.3 is 9.47 Å². The molecule has 0 radical (unpaired) electrons. The molecule has 0 aliphatic rings. The third kappa shape index (κ3) is 5.59. The van der Waals surface area contributed by atoms with E-state index in [2.05, 4.69) is 34.6 Å². The van der Waals surface area contributed by atoms with Crippen molar-refractivity contribution < 1.29 is 14.3 Å². The van der Waals surface area contributed by atoms with Gasteiger partial charge in [-0.05, 0) is 81.1 Å². The molecule has 0 N–H and O–H groups in total. The summed E-state index contributed by atoms with van der Waals surface area (Å²) in [6.07, 6.45) is 4.04. The molecule has 146 valence electrons. The van der Waals surface area contributed by atoms with Crippen LogP contribution in [0.15, 0.2) is 48.5 Å². The standard InChI is InChI=1S/C24H32O3/c1-6-20(7-2)26-21-14-10-18(11-15-21)23(25)19-12-16-22(17-13-19)27-24(5,8-3)9-4/h10-17,20H,6-9H2,1-5H3. The summed E-state index contributed by atoms with van der Waals surface area (Å²) in [6.45, 7) is 10.6. The molecule has 0 aliphatic heterocycles. The van der Waals surface area contributed by atoms with Crippen molar-refractivity contribution in [3.63, 3.8) is 0 Å². The van der Waals surface area contributed by atoms with E-state index in [1.165, 1.54) is 0 Å². The van der Waals surface area contributed by atoms with Gasteiger partial charge in [-0.25, -0.2) is 0 Å². The molecule has 0 heterocycles. The van der Waals surface area contributed by atoms with Crippen LogP contribution in [0.1, 0.15) is 76.2 Å². The fourth-order valence-electron chi connectivity index (χ4n) is 2.85. The maximum Gasteiger partial charge on any atom is 0.193 e. The van der Waals surface area contributed by atoms with Gasteiger partial charge in [0.1, 0.15) is 17.1 Å². The third-order valence-electron chi connectivity index (χ3n) is 5.31. The maximum absolute atomic E-state index is 12.7. The van der Waals surface area contributed by atoms with Crippen molar-refractivity contribution in [2.75, 3.05) is 0 Å². The average molecular weight is 369 g/mol. The van der Waals surface area contributed by atoms with Crippen LogP contribution in [-0.2, 0) is 0 Å². The lowest BCUT2D eigenvalue weighted by atomic mass is 9.99. The Hall–Kier alpha value is -2.29. The predicted molar refractivity (Wildman–Crippen MR) is 111 cm³/mol. The van der Waals surface area contributed by atoms with Crippen LogP contribution in [0.3, 0.4) is 0 Å². The molecule has 0 aliphatic carbocycles. The molecule has 2 aromatic rings. The largest absolute Gasteiger partial charge is 0.490 e. The molecular formula is C24H32O3. The van der Waals surface area contributed by atoms with E-state index in [9.17, 15) is 4.79 Å². The first kappa shape index (κ1) is 21.0. The topological polar surface area (TPSA) is 35.5 Å². The second kappa shape index (κ2) is 9.59. The molecule has 0 unspecified atom stereocenters. The van der Waals surface area contributed by atoms with Gasteiger partial charge in [0.2, 0.25) is 0 Å². The van der Waals surface area contributed by atoms with Crippen LogP contribution in [-0.4, -0.2) is 17.5 Å². The fraction of sp³-hybridized carbons (Fsp3) is 0.458. The summed E-state index contributed by atoms with van der Waals surface area (Å²) >= 11 is 0. The van der Waals surface area contributed by atoms with Crippen LogP contribution >= 0.6 is 0 Å². The highest BCUT2D eigenvalue weighted by atomic mass is 16.5. The van der Waals surface area contributed by atoms with Gasteiger partial charge in [0.05, 0.1) is 6.10 Å². The Balaban J connectivity index is 2.07. The van der Waals surface area contributed by atoms with Crippen molar-refractivity contribution in [1.82, 2.24) is 0 Å². The summed E-state index contributed by atoms with van der Waals surface area (Å²) in [4.78, 5) is 12.7. The van der Waals surface area contributed by atoms with E-state index in [1.807, 2.05) is 48.5 Å². The lowest BCUT2D eigenvalue weighted by Crippen LogP contribution is -2.30. The van der Waals surface area contributed by atoms with Crippen molar-refractivity contribution in [2.24, 2.45) is 0 Å². The number of hydrogen-bond donors (Lipinski definition) is 0. The molecule has 3 heteroatoms. The Morgan fingerprint density at radius 3 is 1.67 bits per heavy atom. The minimum Gasteiger partial charge on any atom is -0.490 e. The van der Waals surface area contributed by atoms with Gasteiger partial charge in [0, 0.05) is 11.1 Å². The van der Waals surface area contributed by atoms with Crippen LogP contribution in [0.25, 0.3) is 0 Å². The molecule has 0 bridgehead atoms. The van der Waals surface area contributed by atoms with Gasteiger partial charge in [-0.1, -0.05) is 27.7 Å². The van der Waals surface area contributed by atoms with E-state index >= 15 is 0 Å². The number of ketones is 1.